The molecule has 0 aliphatic heterocycles. The van der Waals surface area contributed by atoms with Crippen molar-refractivity contribution in [3.63, 3.8) is 0 Å². The first-order valence-corrected chi connectivity index (χ1v) is 12.3. The molecular formula is C27H25FN8O. The van der Waals surface area contributed by atoms with Gasteiger partial charge in [0.05, 0.1) is 24.4 Å². The molecule has 0 spiro atoms. The summed E-state index contributed by atoms with van der Waals surface area (Å²) >= 11 is 0. The first kappa shape index (κ1) is 22.8. The smallest absolute Gasteiger partial charge is 0.269 e. The van der Waals surface area contributed by atoms with E-state index in [1.165, 1.54) is 24.8 Å². The SMILES string of the molecule is O=C(NC1CCCC(Nc2cc(-c3ccccc3)nc(-c3c[nH]c4ncc(F)cc34)n2)C1)c1cnc[nH]1. The maximum Gasteiger partial charge on any atom is 0.269 e. The molecule has 9 nitrogen and oxygen atoms in total. The first-order valence-electron chi connectivity index (χ1n) is 12.3. The average Bonchev–Trinajstić information content (AvgIpc) is 3.60. The van der Waals surface area contributed by atoms with Crippen LogP contribution in [0, 0.1) is 5.82 Å². The van der Waals surface area contributed by atoms with E-state index >= 15 is 0 Å². The molecule has 4 N–H and O–H groups in total. The highest BCUT2D eigenvalue weighted by Gasteiger charge is 2.25. The monoisotopic (exact) mass is 496 g/mol. The Bertz CT molecular complexity index is 1530. The zero-order valence-corrected chi connectivity index (χ0v) is 19.9. The van der Waals surface area contributed by atoms with E-state index in [2.05, 4.69) is 30.6 Å². The lowest BCUT2D eigenvalue weighted by molar-refractivity contribution is 0.0922. The molecule has 1 aromatic carbocycles. The number of benzene rings is 1. The van der Waals surface area contributed by atoms with Crippen LogP contribution in [0.2, 0.25) is 0 Å². The molecule has 2 atom stereocenters. The van der Waals surface area contributed by atoms with E-state index in [9.17, 15) is 9.18 Å². The minimum atomic E-state index is -0.420. The highest BCUT2D eigenvalue weighted by atomic mass is 19.1. The van der Waals surface area contributed by atoms with Crippen LogP contribution in [-0.2, 0) is 0 Å². The molecule has 186 valence electrons. The number of carbonyl (C=O) groups is 1. The number of carbonyl (C=O) groups excluding carboxylic acids is 1. The van der Waals surface area contributed by atoms with Gasteiger partial charge in [0, 0.05) is 40.9 Å². The topological polar surface area (TPSA) is 124 Å². The van der Waals surface area contributed by atoms with Crippen LogP contribution < -0.4 is 10.6 Å². The molecule has 1 saturated carbocycles. The molecule has 10 heteroatoms. The summed E-state index contributed by atoms with van der Waals surface area (Å²) < 4.78 is 14.0. The standard InChI is InChI=1S/C27H25FN8O/c28-17-9-20-21(13-31-25(20)30-12-17)26-35-22(16-5-2-1-3-6-16)11-24(36-26)33-18-7-4-8-19(10-18)34-27(37)23-14-29-15-32-23/h1-3,5-6,9,11-15,18-19H,4,7-8,10H2,(H,29,32)(H,30,31)(H,34,37)(H,33,35,36). The lowest BCUT2D eigenvalue weighted by Gasteiger charge is -2.30. The number of hydrogen-bond acceptors (Lipinski definition) is 6. The van der Waals surface area contributed by atoms with Crippen molar-refractivity contribution < 1.29 is 9.18 Å². The number of imidazole rings is 1. The number of halogens is 1. The second-order valence-electron chi connectivity index (χ2n) is 9.22. The molecule has 2 unspecified atom stereocenters. The molecule has 6 rings (SSSR count). The van der Waals surface area contributed by atoms with E-state index in [4.69, 9.17) is 9.97 Å². The fourth-order valence-corrected chi connectivity index (χ4v) is 4.87. The number of nitrogens with one attached hydrogen (secondary N) is 4. The van der Waals surface area contributed by atoms with E-state index in [1.54, 1.807) is 6.20 Å². The Morgan fingerprint density at radius 3 is 2.73 bits per heavy atom. The zero-order valence-electron chi connectivity index (χ0n) is 19.9. The maximum atomic E-state index is 14.0. The Kier molecular flexibility index (Phi) is 6.05. The van der Waals surface area contributed by atoms with Gasteiger partial charge >= 0.3 is 0 Å². The molecule has 1 aliphatic rings. The van der Waals surface area contributed by atoms with Crippen LogP contribution in [0.4, 0.5) is 10.2 Å². The summed E-state index contributed by atoms with van der Waals surface area (Å²) in [4.78, 5) is 36.1. The predicted molar refractivity (Wildman–Crippen MR) is 138 cm³/mol. The van der Waals surface area contributed by atoms with Gasteiger partial charge in [-0.05, 0) is 31.7 Å². The van der Waals surface area contributed by atoms with Crippen molar-refractivity contribution in [3.05, 3.63) is 78.9 Å². The van der Waals surface area contributed by atoms with Gasteiger partial charge < -0.3 is 20.6 Å². The van der Waals surface area contributed by atoms with E-state index < -0.39 is 5.82 Å². The van der Waals surface area contributed by atoms with Gasteiger partial charge in [0.2, 0.25) is 0 Å². The van der Waals surface area contributed by atoms with Crippen molar-refractivity contribution in [3.8, 4) is 22.6 Å². The minimum absolute atomic E-state index is 0.0413. The Labute approximate surface area is 212 Å². The van der Waals surface area contributed by atoms with Crippen LogP contribution in [-0.4, -0.2) is 47.9 Å². The number of aromatic amines is 2. The highest BCUT2D eigenvalue weighted by Crippen LogP contribution is 2.30. The number of anilines is 1. The molecule has 1 fully saturated rings. The Hall–Kier alpha value is -4.60. The number of pyridine rings is 1. The summed E-state index contributed by atoms with van der Waals surface area (Å²) in [5.74, 6) is 0.575. The van der Waals surface area contributed by atoms with Crippen molar-refractivity contribution in [1.29, 1.82) is 0 Å². The van der Waals surface area contributed by atoms with Crippen LogP contribution in [0.3, 0.4) is 0 Å². The van der Waals surface area contributed by atoms with Gasteiger partial charge in [-0.2, -0.15) is 0 Å². The van der Waals surface area contributed by atoms with Crippen molar-refractivity contribution in [2.24, 2.45) is 0 Å². The van der Waals surface area contributed by atoms with Crippen LogP contribution in [0.25, 0.3) is 33.7 Å². The number of H-pyrrole nitrogens is 2. The van der Waals surface area contributed by atoms with Crippen molar-refractivity contribution in [2.45, 2.75) is 37.8 Å². The molecular weight excluding hydrogens is 471 g/mol. The quantitative estimate of drug-likeness (QED) is 0.270. The van der Waals surface area contributed by atoms with Crippen LogP contribution in [0.5, 0.6) is 0 Å². The number of amides is 1. The largest absolute Gasteiger partial charge is 0.367 e. The van der Waals surface area contributed by atoms with Crippen LogP contribution in [0.1, 0.15) is 36.2 Å². The van der Waals surface area contributed by atoms with Crippen molar-refractivity contribution in [2.75, 3.05) is 5.32 Å². The van der Waals surface area contributed by atoms with Crippen molar-refractivity contribution in [1.82, 2.24) is 35.2 Å². The molecule has 5 aromatic rings. The van der Waals surface area contributed by atoms with Crippen molar-refractivity contribution >= 4 is 22.8 Å². The van der Waals surface area contributed by atoms with E-state index in [-0.39, 0.29) is 18.0 Å². The van der Waals surface area contributed by atoms with Gasteiger partial charge in [-0.15, -0.1) is 0 Å². The minimum Gasteiger partial charge on any atom is -0.367 e. The summed E-state index contributed by atoms with van der Waals surface area (Å²) in [7, 11) is 0. The van der Waals surface area contributed by atoms with Gasteiger partial charge in [0.25, 0.3) is 5.91 Å². The number of fused-ring (bicyclic) bond motifs is 1. The fraction of sp³-hybridized carbons (Fsp3) is 0.222. The summed E-state index contributed by atoms with van der Waals surface area (Å²) in [6.45, 7) is 0. The zero-order chi connectivity index (χ0) is 25.2. The third-order valence-electron chi connectivity index (χ3n) is 6.64. The summed E-state index contributed by atoms with van der Waals surface area (Å²) in [5.41, 5.74) is 3.41. The van der Waals surface area contributed by atoms with Gasteiger partial charge in [0.1, 0.15) is 23.0 Å². The van der Waals surface area contributed by atoms with E-state index in [1.807, 2.05) is 36.4 Å². The molecule has 4 heterocycles. The number of nitrogens with zero attached hydrogens (tertiary/aromatic N) is 4. The molecule has 4 aromatic heterocycles. The third-order valence-corrected chi connectivity index (χ3v) is 6.64. The second-order valence-corrected chi connectivity index (χ2v) is 9.22. The summed E-state index contributed by atoms with van der Waals surface area (Å²) in [6.07, 6.45) is 9.57. The van der Waals surface area contributed by atoms with Crippen LogP contribution >= 0.6 is 0 Å². The number of rotatable bonds is 6. The lowest BCUT2D eigenvalue weighted by Crippen LogP contribution is -2.42. The molecule has 1 aliphatic carbocycles. The molecule has 0 radical (unpaired) electrons. The Morgan fingerprint density at radius 2 is 1.89 bits per heavy atom. The third kappa shape index (κ3) is 4.90. The van der Waals surface area contributed by atoms with E-state index in [0.717, 1.165) is 36.9 Å². The van der Waals surface area contributed by atoms with E-state index in [0.29, 0.717) is 33.9 Å². The molecule has 1 amide bonds. The fourth-order valence-electron chi connectivity index (χ4n) is 4.87. The highest BCUT2D eigenvalue weighted by molar-refractivity contribution is 5.92. The van der Waals surface area contributed by atoms with Gasteiger partial charge in [-0.1, -0.05) is 30.3 Å². The molecule has 37 heavy (non-hydrogen) atoms. The Morgan fingerprint density at radius 1 is 1.03 bits per heavy atom. The second kappa shape index (κ2) is 9.81. The first-order chi connectivity index (χ1) is 18.1. The van der Waals surface area contributed by atoms with Gasteiger partial charge in [-0.3, -0.25) is 4.79 Å². The number of aromatic nitrogens is 6. The molecule has 0 saturated heterocycles. The van der Waals surface area contributed by atoms with Crippen LogP contribution in [0.15, 0.2) is 67.4 Å². The normalized spacial score (nSPS) is 17.5. The summed E-state index contributed by atoms with van der Waals surface area (Å²) in [5, 5.41) is 7.29. The number of hydrogen-bond donors (Lipinski definition) is 4. The predicted octanol–water partition coefficient (Wildman–Crippen LogP) is 4.70. The Balaban J connectivity index is 1.29. The maximum absolute atomic E-state index is 14.0. The average molecular weight is 497 g/mol. The lowest BCUT2D eigenvalue weighted by atomic mass is 9.91. The van der Waals surface area contributed by atoms with Gasteiger partial charge in [0.15, 0.2) is 5.82 Å². The summed E-state index contributed by atoms with van der Waals surface area (Å²) in [6, 6.07) is 13.4. The molecule has 0 bridgehead atoms. The van der Waals surface area contributed by atoms with Gasteiger partial charge in [-0.25, -0.2) is 24.3 Å².